The van der Waals surface area contributed by atoms with Crippen LogP contribution in [0.3, 0.4) is 0 Å². The van der Waals surface area contributed by atoms with Gasteiger partial charge in [0.2, 0.25) is 0 Å². The van der Waals surface area contributed by atoms with Crippen molar-refractivity contribution < 1.29 is 14.5 Å². The third kappa shape index (κ3) is 6.22. The Balaban J connectivity index is 4.54. The average Bonchev–Trinajstić information content (AvgIpc) is 1.98. The van der Waals surface area contributed by atoms with Gasteiger partial charge in [-0.25, -0.2) is 0 Å². The van der Waals surface area contributed by atoms with E-state index in [-0.39, 0.29) is 22.9 Å². The molecule has 0 amide bonds. The summed E-state index contributed by atoms with van der Waals surface area (Å²) in [4.78, 5) is 10.5. The second-order valence-corrected chi connectivity index (χ2v) is 7.26. The van der Waals surface area contributed by atoms with Crippen LogP contribution >= 0.6 is 8.46 Å². The molecule has 0 bridgehead atoms. The molecule has 0 heterocycles. The zero-order valence-electron chi connectivity index (χ0n) is 11.0. The quantitative estimate of drug-likeness (QED) is 0.728. The first kappa shape index (κ1) is 15.6. The van der Waals surface area contributed by atoms with Crippen molar-refractivity contribution >= 4 is 14.4 Å². The maximum atomic E-state index is 11.2. The Hall–Kier alpha value is -0.430. The first-order valence-electron chi connectivity index (χ1n) is 5.68. The molecule has 0 saturated carbocycles. The first-order chi connectivity index (χ1) is 7.08. The van der Waals surface area contributed by atoms with E-state index in [1.807, 2.05) is 0 Å². The second-order valence-electron chi connectivity index (χ2n) is 6.33. The zero-order valence-corrected chi connectivity index (χ0v) is 12.0. The van der Waals surface area contributed by atoms with Crippen LogP contribution in [0.25, 0.3) is 0 Å². The molecular formula is C12H24O3P+. The Morgan fingerprint density at radius 3 is 2.06 bits per heavy atom. The molecule has 0 saturated heterocycles. The van der Waals surface area contributed by atoms with E-state index >= 15 is 0 Å². The summed E-state index contributed by atoms with van der Waals surface area (Å²) < 4.78 is 11.2. The Kier molecular flexibility index (Phi) is 5.61. The van der Waals surface area contributed by atoms with Gasteiger partial charge in [-0.15, -0.1) is 0 Å². The fourth-order valence-electron chi connectivity index (χ4n) is 2.37. The third-order valence-corrected chi connectivity index (χ3v) is 4.07. The Bertz CT molecular complexity index is 253. The summed E-state index contributed by atoms with van der Waals surface area (Å²) in [6, 6.07) is 0. The number of carboxylic acids is 1. The molecule has 0 spiro atoms. The van der Waals surface area contributed by atoms with E-state index in [0.717, 1.165) is 6.42 Å². The lowest BCUT2D eigenvalue weighted by atomic mass is 9.73. The van der Waals surface area contributed by atoms with E-state index < -0.39 is 14.4 Å². The van der Waals surface area contributed by atoms with Gasteiger partial charge in [-0.3, -0.25) is 4.79 Å². The van der Waals surface area contributed by atoms with Crippen LogP contribution < -0.4 is 0 Å². The van der Waals surface area contributed by atoms with Crippen molar-refractivity contribution in [2.75, 3.05) is 0 Å². The molecule has 0 aromatic rings. The molecule has 0 rings (SSSR count). The molecule has 0 aromatic heterocycles. The minimum atomic E-state index is -0.810. The maximum Gasteiger partial charge on any atom is 0.328 e. The molecule has 16 heavy (non-hydrogen) atoms. The van der Waals surface area contributed by atoms with Crippen molar-refractivity contribution in [2.24, 2.45) is 10.8 Å². The summed E-state index contributed by atoms with van der Waals surface area (Å²) in [5.41, 5.74) is 0.0706. The van der Waals surface area contributed by atoms with Gasteiger partial charge < -0.3 is 5.11 Å². The molecule has 0 aliphatic heterocycles. The number of carbonyl (C=O) groups is 1. The van der Waals surface area contributed by atoms with Gasteiger partial charge in [-0.05, 0) is 11.8 Å². The van der Waals surface area contributed by atoms with Crippen LogP contribution in [0, 0.1) is 10.8 Å². The molecule has 4 heteroatoms. The lowest BCUT2D eigenvalue weighted by molar-refractivity contribution is -0.137. The average molecular weight is 247 g/mol. The van der Waals surface area contributed by atoms with Crippen LogP contribution in [0.4, 0.5) is 0 Å². The highest BCUT2D eigenvalue weighted by Gasteiger charge is 2.38. The lowest BCUT2D eigenvalue weighted by Gasteiger charge is -2.33. The number of hydrogen-bond donors (Lipinski definition) is 1. The van der Waals surface area contributed by atoms with E-state index in [2.05, 4.69) is 34.6 Å². The summed E-state index contributed by atoms with van der Waals surface area (Å²) in [7, 11) is -0.428. The summed E-state index contributed by atoms with van der Waals surface area (Å²) in [6.45, 7) is 10.6. The van der Waals surface area contributed by atoms with Crippen LogP contribution in [-0.2, 0) is 9.36 Å². The monoisotopic (exact) mass is 247 g/mol. The number of hydrogen-bond acceptors (Lipinski definition) is 2. The largest absolute Gasteiger partial charge is 0.481 e. The Morgan fingerprint density at radius 1 is 1.25 bits per heavy atom. The molecule has 2 unspecified atom stereocenters. The zero-order chi connectivity index (χ0) is 13.0. The minimum Gasteiger partial charge on any atom is -0.481 e. The predicted molar refractivity (Wildman–Crippen MR) is 67.5 cm³/mol. The smallest absolute Gasteiger partial charge is 0.328 e. The minimum absolute atomic E-state index is 0.0252. The van der Waals surface area contributed by atoms with Crippen LogP contribution in [0.15, 0.2) is 0 Å². The maximum absolute atomic E-state index is 11.2. The van der Waals surface area contributed by atoms with Crippen LogP contribution in [0.2, 0.25) is 0 Å². The van der Waals surface area contributed by atoms with Crippen LogP contribution in [0.1, 0.15) is 53.9 Å². The Labute approximate surface area is 99.8 Å². The van der Waals surface area contributed by atoms with Gasteiger partial charge in [0.1, 0.15) is 0 Å². The number of aliphatic carboxylic acids is 1. The molecule has 1 N–H and O–H groups in total. The van der Waals surface area contributed by atoms with E-state index in [1.165, 1.54) is 0 Å². The predicted octanol–water partition coefficient (Wildman–Crippen LogP) is 3.71. The third-order valence-electron chi connectivity index (χ3n) is 2.72. The van der Waals surface area contributed by atoms with Crippen LogP contribution in [0.5, 0.6) is 0 Å². The molecule has 0 aliphatic rings. The highest BCUT2D eigenvalue weighted by Crippen LogP contribution is 2.42. The second kappa shape index (κ2) is 5.77. The molecule has 0 aromatic carbocycles. The normalized spacial score (nSPS) is 15.1. The number of carboxylic acid groups (broad SMARTS) is 1. The lowest BCUT2D eigenvalue weighted by Crippen LogP contribution is -2.30. The Morgan fingerprint density at radius 2 is 1.75 bits per heavy atom. The van der Waals surface area contributed by atoms with E-state index in [9.17, 15) is 9.36 Å². The van der Waals surface area contributed by atoms with Gasteiger partial charge in [0, 0.05) is 18.3 Å². The van der Waals surface area contributed by atoms with Crippen molar-refractivity contribution in [3.05, 3.63) is 0 Å². The van der Waals surface area contributed by atoms with Gasteiger partial charge in [-0.1, -0.05) is 39.2 Å². The van der Waals surface area contributed by atoms with E-state index in [0.29, 0.717) is 6.42 Å². The van der Waals surface area contributed by atoms with Gasteiger partial charge in [0.15, 0.2) is 5.66 Å². The van der Waals surface area contributed by atoms with Gasteiger partial charge in [0.25, 0.3) is 0 Å². The topological polar surface area (TPSA) is 54.4 Å². The first-order valence-corrected chi connectivity index (χ1v) is 6.66. The molecule has 0 fully saturated rings. The van der Waals surface area contributed by atoms with E-state index in [1.54, 1.807) is 0 Å². The van der Waals surface area contributed by atoms with Gasteiger partial charge >= 0.3 is 14.4 Å². The van der Waals surface area contributed by atoms with Crippen LogP contribution in [-0.4, -0.2) is 16.7 Å². The van der Waals surface area contributed by atoms with Gasteiger partial charge in [0.05, 0.1) is 0 Å². The molecule has 2 atom stereocenters. The molecule has 3 nitrogen and oxygen atoms in total. The van der Waals surface area contributed by atoms with Gasteiger partial charge in [-0.2, -0.15) is 0 Å². The standard InChI is InChI=1S/C12H23O3P/c1-11(2,3)8-12(4,5)9(16-15)6-7-10(13)14/h9H,6-8H2,1-5H3,(H,13,14)/p+1. The molecular weight excluding hydrogens is 223 g/mol. The highest BCUT2D eigenvalue weighted by molar-refractivity contribution is 7.24. The van der Waals surface area contributed by atoms with Crippen molar-refractivity contribution in [2.45, 2.75) is 59.5 Å². The van der Waals surface area contributed by atoms with E-state index in [4.69, 9.17) is 5.11 Å². The molecule has 0 aliphatic carbocycles. The SMILES string of the molecule is CC(C)(C)CC(C)(C)C(CCC(=O)O)[PH+]=O. The molecule has 0 radical (unpaired) electrons. The van der Waals surface area contributed by atoms with Crippen molar-refractivity contribution in [3.63, 3.8) is 0 Å². The van der Waals surface area contributed by atoms with Crippen molar-refractivity contribution in [1.29, 1.82) is 0 Å². The van der Waals surface area contributed by atoms with Crippen molar-refractivity contribution in [3.8, 4) is 0 Å². The summed E-state index contributed by atoms with van der Waals surface area (Å²) in [6.07, 6.45) is 1.55. The fourth-order valence-corrected chi connectivity index (χ4v) is 3.05. The summed E-state index contributed by atoms with van der Waals surface area (Å²) in [5, 5.41) is 8.66. The summed E-state index contributed by atoms with van der Waals surface area (Å²) >= 11 is 0. The number of rotatable bonds is 6. The highest BCUT2D eigenvalue weighted by atomic mass is 31.1. The van der Waals surface area contributed by atoms with Crippen molar-refractivity contribution in [1.82, 2.24) is 0 Å². The fraction of sp³-hybridized carbons (Fsp3) is 0.917. The molecule has 94 valence electrons. The summed E-state index contributed by atoms with van der Waals surface area (Å²) in [5.74, 6) is -0.810.